The van der Waals surface area contributed by atoms with Crippen molar-refractivity contribution in [2.75, 3.05) is 20.2 Å². The first-order valence-corrected chi connectivity index (χ1v) is 7.30. The Kier molecular flexibility index (Phi) is 3.52. The van der Waals surface area contributed by atoms with Crippen molar-refractivity contribution < 1.29 is 9.53 Å². The van der Waals surface area contributed by atoms with Crippen LogP contribution in [0.1, 0.15) is 24.0 Å². The number of carbonyl (C=O) groups is 1. The van der Waals surface area contributed by atoms with E-state index < -0.39 is 5.54 Å². The average Bonchev–Trinajstić information content (AvgIpc) is 2.84. The molecule has 1 aromatic rings. The molecule has 1 aliphatic carbocycles. The Hall–Kier alpha value is -1.39. The SMILES string of the molecule is COC1CCCN(C(=O)C2(N)Cc3ccccc3C2)C1. The normalized spacial score (nSPS) is 24.5. The van der Waals surface area contributed by atoms with Crippen LogP contribution in [0.25, 0.3) is 0 Å². The highest BCUT2D eigenvalue weighted by Gasteiger charge is 2.43. The lowest BCUT2D eigenvalue weighted by molar-refractivity contribution is -0.140. The van der Waals surface area contributed by atoms with E-state index in [9.17, 15) is 4.79 Å². The van der Waals surface area contributed by atoms with Crippen molar-refractivity contribution in [3.8, 4) is 0 Å². The molecular weight excluding hydrogens is 252 g/mol. The Morgan fingerprint density at radius 2 is 2.00 bits per heavy atom. The van der Waals surface area contributed by atoms with Gasteiger partial charge in [-0.1, -0.05) is 24.3 Å². The van der Waals surface area contributed by atoms with E-state index in [-0.39, 0.29) is 12.0 Å². The molecule has 1 aliphatic heterocycles. The number of fused-ring (bicyclic) bond motifs is 1. The van der Waals surface area contributed by atoms with Crippen molar-refractivity contribution in [1.29, 1.82) is 0 Å². The number of nitrogens with two attached hydrogens (primary N) is 1. The molecule has 0 radical (unpaired) electrons. The number of ether oxygens (including phenoxy) is 1. The molecule has 2 N–H and O–H groups in total. The molecule has 1 aromatic carbocycles. The molecule has 4 nitrogen and oxygen atoms in total. The van der Waals surface area contributed by atoms with Gasteiger partial charge in [0.05, 0.1) is 6.10 Å². The predicted molar refractivity (Wildman–Crippen MR) is 77.4 cm³/mol. The standard InChI is InChI=1S/C16H22N2O2/c1-20-14-7-4-8-18(11-14)15(19)16(17)9-12-5-2-3-6-13(12)10-16/h2-3,5-6,14H,4,7-11,17H2,1H3. The number of nitrogens with zero attached hydrogens (tertiary/aromatic N) is 1. The van der Waals surface area contributed by atoms with Crippen LogP contribution in [-0.2, 0) is 22.4 Å². The number of benzene rings is 1. The summed E-state index contributed by atoms with van der Waals surface area (Å²) in [6.45, 7) is 1.47. The summed E-state index contributed by atoms with van der Waals surface area (Å²) in [4.78, 5) is 14.7. The molecule has 1 unspecified atom stereocenters. The van der Waals surface area contributed by atoms with Crippen LogP contribution in [0.4, 0.5) is 0 Å². The second-order valence-corrected chi connectivity index (χ2v) is 6.03. The van der Waals surface area contributed by atoms with E-state index in [0.717, 1.165) is 19.4 Å². The molecule has 1 fully saturated rings. The molecule has 3 rings (SSSR count). The number of hydrogen-bond donors (Lipinski definition) is 1. The maximum atomic E-state index is 12.8. The fourth-order valence-corrected chi connectivity index (χ4v) is 3.43. The zero-order valence-electron chi connectivity index (χ0n) is 12.0. The molecule has 0 spiro atoms. The van der Waals surface area contributed by atoms with Crippen LogP contribution >= 0.6 is 0 Å². The Morgan fingerprint density at radius 3 is 2.60 bits per heavy atom. The number of likely N-dealkylation sites (tertiary alicyclic amines) is 1. The van der Waals surface area contributed by atoms with Gasteiger partial charge in [-0.3, -0.25) is 4.79 Å². The summed E-state index contributed by atoms with van der Waals surface area (Å²) < 4.78 is 5.39. The lowest BCUT2D eigenvalue weighted by Gasteiger charge is -2.36. The summed E-state index contributed by atoms with van der Waals surface area (Å²) in [7, 11) is 1.71. The van der Waals surface area contributed by atoms with E-state index in [2.05, 4.69) is 12.1 Å². The largest absolute Gasteiger partial charge is 0.380 e. The van der Waals surface area contributed by atoms with Gasteiger partial charge in [0.25, 0.3) is 0 Å². The molecule has 0 saturated carbocycles. The Morgan fingerprint density at radius 1 is 1.35 bits per heavy atom. The van der Waals surface area contributed by atoms with Gasteiger partial charge in [0.15, 0.2) is 0 Å². The molecule has 0 aromatic heterocycles. The van der Waals surface area contributed by atoms with Crippen LogP contribution in [0.2, 0.25) is 0 Å². The maximum Gasteiger partial charge on any atom is 0.243 e. The van der Waals surface area contributed by atoms with E-state index in [0.29, 0.717) is 19.4 Å². The van der Waals surface area contributed by atoms with Crippen molar-refractivity contribution in [1.82, 2.24) is 4.90 Å². The van der Waals surface area contributed by atoms with Crippen molar-refractivity contribution in [2.45, 2.75) is 37.3 Å². The van der Waals surface area contributed by atoms with E-state index >= 15 is 0 Å². The highest BCUT2D eigenvalue weighted by molar-refractivity contribution is 5.88. The van der Waals surface area contributed by atoms with Crippen LogP contribution < -0.4 is 5.73 Å². The van der Waals surface area contributed by atoms with E-state index in [1.807, 2.05) is 17.0 Å². The monoisotopic (exact) mass is 274 g/mol. The number of amides is 1. The van der Waals surface area contributed by atoms with Gasteiger partial charge >= 0.3 is 0 Å². The molecule has 0 bridgehead atoms. The molecule has 1 amide bonds. The number of methoxy groups -OCH3 is 1. The van der Waals surface area contributed by atoms with Crippen molar-refractivity contribution in [3.05, 3.63) is 35.4 Å². The summed E-state index contributed by atoms with van der Waals surface area (Å²) in [6.07, 6.45) is 3.47. The zero-order valence-corrected chi connectivity index (χ0v) is 12.0. The molecule has 20 heavy (non-hydrogen) atoms. The van der Waals surface area contributed by atoms with E-state index in [1.54, 1.807) is 7.11 Å². The fourth-order valence-electron chi connectivity index (χ4n) is 3.43. The lowest BCUT2D eigenvalue weighted by atomic mass is 9.93. The summed E-state index contributed by atoms with van der Waals surface area (Å²) in [5, 5.41) is 0. The van der Waals surface area contributed by atoms with E-state index in [1.165, 1.54) is 11.1 Å². The number of piperidine rings is 1. The van der Waals surface area contributed by atoms with Gasteiger partial charge in [-0.15, -0.1) is 0 Å². The quantitative estimate of drug-likeness (QED) is 0.879. The molecular formula is C16H22N2O2. The summed E-state index contributed by atoms with van der Waals surface area (Å²) in [6, 6.07) is 8.17. The minimum atomic E-state index is -0.765. The Balaban J connectivity index is 1.75. The van der Waals surface area contributed by atoms with Crippen molar-refractivity contribution >= 4 is 5.91 Å². The maximum absolute atomic E-state index is 12.8. The van der Waals surface area contributed by atoms with Crippen LogP contribution in [0.5, 0.6) is 0 Å². The van der Waals surface area contributed by atoms with Gasteiger partial charge in [-0.05, 0) is 36.8 Å². The van der Waals surface area contributed by atoms with Crippen LogP contribution in [-0.4, -0.2) is 42.6 Å². The second-order valence-electron chi connectivity index (χ2n) is 6.03. The second kappa shape index (κ2) is 5.19. The van der Waals surface area contributed by atoms with Gasteiger partial charge < -0.3 is 15.4 Å². The minimum absolute atomic E-state index is 0.0791. The molecule has 4 heteroatoms. The van der Waals surface area contributed by atoms with Crippen LogP contribution in [0, 0.1) is 0 Å². The smallest absolute Gasteiger partial charge is 0.243 e. The summed E-state index contributed by atoms with van der Waals surface area (Å²) in [5.74, 6) is 0.0791. The van der Waals surface area contributed by atoms with Gasteiger partial charge in [-0.2, -0.15) is 0 Å². The summed E-state index contributed by atoms with van der Waals surface area (Å²) >= 11 is 0. The highest BCUT2D eigenvalue weighted by atomic mass is 16.5. The topological polar surface area (TPSA) is 55.6 Å². The Bertz CT molecular complexity index is 490. The highest BCUT2D eigenvalue weighted by Crippen LogP contribution is 2.30. The lowest BCUT2D eigenvalue weighted by Crippen LogP contribution is -2.58. The van der Waals surface area contributed by atoms with Crippen molar-refractivity contribution in [3.63, 3.8) is 0 Å². The third-order valence-electron chi connectivity index (χ3n) is 4.55. The first kappa shape index (κ1) is 13.6. The third kappa shape index (κ3) is 2.34. The Labute approximate surface area is 119 Å². The molecule has 2 aliphatic rings. The van der Waals surface area contributed by atoms with Gasteiger partial charge in [0.2, 0.25) is 5.91 Å². The van der Waals surface area contributed by atoms with Crippen LogP contribution in [0.3, 0.4) is 0 Å². The van der Waals surface area contributed by atoms with Crippen molar-refractivity contribution in [2.24, 2.45) is 5.73 Å². The van der Waals surface area contributed by atoms with Gasteiger partial charge in [0.1, 0.15) is 5.54 Å². The number of hydrogen-bond acceptors (Lipinski definition) is 3. The van der Waals surface area contributed by atoms with Gasteiger partial charge in [-0.25, -0.2) is 0 Å². The summed E-state index contributed by atoms with van der Waals surface area (Å²) in [5.41, 5.74) is 8.10. The minimum Gasteiger partial charge on any atom is -0.380 e. The predicted octanol–water partition coefficient (Wildman–Crippen LogP) is 1.12. The fraction of sp³-hybridized carbons (Fsp3) is 0.562. The molecule has 108 valence electrons. The number of carbonyl (C=O) groups excluding carboxylic acids is 1. The average molecular weight is 274 g/mol. The number of rotatable bonds is 2. The molecule has 1 atom stereocenters. The molecule has 1 heterocycles. The first-order chi connectivity index (χ1) is 9.62. The zero-order chi connectivity index (χ0) is 14.2. The van der Waals surface area contributed by atoms with Crippen LogP contribution in [0.15, 0.2) is 24.3 Å². The van der Waals surface area contributed by atoms with Gasteiger partial charge in [0, 0.05) is 20.2 Å². The third-order valence-corrected chi connectivity index (χ3v) is 4.55. The molecule has 1 saturated heterocycles. The van der Waals surface area contributed by atoms with E-state index in [4.69, 9.17) is 10.5 Å². The first-order valence-electron chi connectivity index (χ1n) is 7.30.